The van der Waals surface area contributed by atoms with Gasteiger partial charge in [-0.05, 0) is 59.5 Å². The second-order valence-corrected chi connectivity index (χ2v) is 9.11. The minimum atomic E-state index is -0.578. The molecule has 10 heteroatoms. The van der Waals surface area contributed by atoms with Crippen molar-refractivity contribution < 1.29 is 38.3 Å². The fourth-order valence-corrected chi connectivity index (χ4v) is 4.92. The Kier molecular flexibility index (Phi) is 10.00. The number of hydrogen-bond donors (Lipinski definition) is 2. The first-order valence-electron chi connectivity index (χ1n) is 12.1. The lowest BCUT2D eigenvalue weighted by Crippen LogP contribution is -2.39. The molecule has 0 saturated heterocycles. The first-order valence-corrected chi connectivity index (χ1v) is 13.1. The zero-order valence-electron chi connectivity index (χ0n) is 20.4. The summed E-state index contributed by atoms with van der Waals surface area (Å²) < 4.78 is 33.8. The Hall–Kier alpha value is -2.63. The third kappa shape index (κ3) is 6.98. The normalized spacial score (nSPS) is 20.6. The Morgan fingerprint density at radius 2 is 1.97 bits per heavy atom. The monoisotopic (exact) mass is 519 g/mol. The van der Waals surface area contributed by atoms with Crippen LogP contribution in [0.3, 0.4) is 0 Å². The first-order chi connectivity index (χ1) is 17.7. The lowest BCUT2D eigenvalue weighted by molar-refractivity contribution is -0.168. The Labute approximate surface area is 214 Å². The Bertz CT molecular complexity index is 996. The van der Waals surface area contributed by atoms with Gasteiger partial charge in [-0.2, -0.15) is 11.3 Å². The van der Waals surface area contributed by atoms with Crippen LogP contribution >= 0.6 is 11.3 Å². The van der Waals surface area contributed by atoms with Crippen LogP contribution in [0.4, 0.5) is 0 Å². The van der Waals surface area contributed by atoms with Gasteiger partial charge < -0.3 is 38.8 Å². The van der Waals surface area contributed by atoms with Crippen LogP contribution in [0.1, 0.15) is 30.4 Å². The predicted octanol–water partition coefficient (Wildman–Crippen LogP) is 3.19. The number of rotatable bonds is 14. The highest BCUT2D eigenvalue weighted by atomic mass is 32.1. The summed E-state index contributed by atoms with van der Waals surface area (Å²) in [4.78, 5) is 13.1. The zero-order chi connectivity index (χ0) is 25.2. The van der Waals surface area contributed by atoms with Gasteiger partial charge >= 0.3 is 0 Å². The molecule has 2 aliphatic rings. The summed E-state index contributed by atoms with van der Waals surface area (Å²) >= 11 is 1.61. The van der Waals surface area contributed by atoms with Crippen LogP contribution < -0.4 is 14.8 Å². The van der Waals surface area contributed by atoms with Crippen molar-refractivity contribution in [2.75, 3.05) is 46.4 Å². The number of ether oxygens (including phenoxy) is 6. The van der Waals surface area contributed by atoms with Gasteiger partial charge in [0.25, 0.3) is 5.91 Å². The van der Waals surface area contributed by atoms with E-state index in [1.54, 1.807) is 11.3 Å². The summed E-state index contributed by atoms with van der Waals surface area (Å²) in [6.07, 6.45) is 2.00. The number of aliphatic hydroxyl groups excluding tert-OH is 1. The maximum atomic E-state index is 13.1. The van der Waals surface area contributed by atoms with Crippen LogP contribution in [0.5, 0.6) is 11.5 Å². The van der Waals surface area contributed by atoms with Gasteiger partial charge in [-0.3, -0.25) is 4.79 Å². The Balaban J connectivity index is 1.41. The molecule has 9 nitrogen and oxygen atoms in total. The van der Waals surface area contributed by atoms with Crippen molar-refractivity contribution in [2.24, 2.45) is 5.92 Å². The van der Waals surface area contributed by atoms with Crippen LogP contribution in [0, 0.1) is 5.92 Å². The number of thiophene rings is 1. The molecular formula is C26H33NO8S. The number of nitrogens with one attached hydrogen (secondary N) is 1. The number of amides is 1. The highest BCUT2D eigenvalue weighted by Gasteiger charge is 2.38. The van der Waals surface area contributed by atoms with Crippen molar-refractivity contribution in [3.8, 4) is 11.5 Å². The molecule has 0 saturated carbocycles. The van der Waals surface area contributed by atoms with Crippen LogP contribution in [0.15, 0.2) is 46.9 Å². The summed E-state index contributed by atoms with van der Waals surface area (Å²) in [5.41, 5.74) is 2.02. The summed E-state index contributed by atoms with van der Waals surface area (Å²) in [5.74, 6) is 1.25. The third-order valence-electron chi connectivity index (χ3n) is 5.96. The molecule has 4 rings (SSSR count). The molecule has 2 aromatic rings. The lowest BCUT2D eigenvalue weighted by Gasteiger charge is -2.36. The summed E-state index contributed by atoms with van der Waals surface area (Å²) in [5, 5.41) is 15.8. The van der Waals surface area contributed by atoms with Crippen molar-refractivity contribution in [2.45, 2.75) is 32.1 Å². The standard InChI is InChI=1S/C26H33NO8S/c1-2-32-26-20(5-8-30-10-11-31-9-7-28)21(19-6-12-36-16-19)14-24(35-26)25(29)27-15-18-3-4-22-23(13-18)34-17-33-22/h3-4,6,12-14,16,20-21,26,28H,2,5,7-11,15,17H2,1H3,(H,27,29)/t20-,21+,26+/m1/s1. The molecular weight excluding hydrogens is 486 g/mol. The lowest BCUT2D eigenvalue weighted by atomic mass is 9.82. The molecule has 2 N–H and O–H groups in total. The Morgan fingerprint density at radius 3 is 2.75 bits per heavy atom. The topological polar surface area (TPSA) is 105 Å². The smallest absolute Gasteiger partial charge is 0.286 e. The molecule has 1 aromatic carbocycles. The number of carbonyl (C=O) groups is 1. The largest absolute Gasteiger partial charge is 0.459 e. The maximum absolute atomic E-state index is 13.1. The number of benzene rings is 1. The fraction of sp³-hybridized carbons (Fsp3) is 0.500. The highest BCUT2D eigenvalue weighted by molar-refractivity contribution is 7.08. The van der Waals surface area contributed by atoms with Gasteiger partial charge in [0.2, 0.25) is 13.1 Å². The van der Waals surface area contributed by atoms with E-state index in [2.05, 4.69) is 16.8 Å². The number of fused-ring (bicyclic) bond motifs is 1. The van der Waals surface area contributed by atoms with Gasteiger partial charge in [0.15, 0.2) is 17.3 Å². The molecule has 3 atom stereocenters. The van der Waals surface area contributed by atoms with E-state index in [4.69, 9.17) is 33.5 Å². The van der Waals surface area contributed by atoms with Gasteiger partial charge in [0.1, 0.15) is 0 Å². The van der Waals surface area contributed by atoms with Gasteiger partial charge in [0.05, 0.1) is 26.4 Å². The molecule has 0 fully saturated rings. The second kappa shape index (κ2) is 13.6. The minimum absolute atomic E-state index is 0.00327. The van der Waals surface area contributed by atoms with Gasteiger partial charge in [-0.25, -0.2) is 0 Å². The van der Waals surface area contributed by atoms with Crippen molar-refractivity contribution in [1.82, 2.24) is 5.32 Å². The average Bonchev–Trinajstić information content (AvgIpc) is 3.59. The molecule has 1 aromatic heterocycles. The van der Waals surface area contributed by atoms with Crippen LogP contribution in [-0.2, 0) is 30.3 Å². The Morgan fingerprint density at radius 1 is 1.14 bits per heavy atom. The molecule has 36 heavy (non-hydrogen) atoms. The molecule has 0 aliphatic carbocycles. The quantitative estimate of drug-likeness (QED) is 0.367. The van der Waals surface area contributed by atoms with Crippen LogP contribution in [-0.4, -0.2) is 63.7 Å². The maximum Gasteiger partial charge on any atom is 0.286 e. The SMILES string of the molecule is CCO[C@H]1OC(C(=O)NCc2ccc3c(c2)OCO3)=C[C@@H](c2ccsc2)[C@H]1CCOCCOCCO. The predicted molar refractivity (Wildman–Crippen MR) is 133 cm³/mol. The van der Waals surface area contributed by atoms with Crippen molar-refractivity contribution in [3.63, 3.8) is 0 Å². The van der Waals surface area contributed by atoms with Gasteiger partial charge in [-0.1, -0.05) is 6.07 Å². The van der Waals surface area contributed by atoms with E-state index in [0.29, 0.717) is 57.5 Å². The van der Waals surface area contributed by atoms with E-state index in [9.17, 15) is 4.79 Å². The van der Waals surface area contributed by atoms with Crippen LogP contribution in [0.25, 0.3) is 0 Å². The van der Waals surface area contributed by atoms with Crippen molar-refractivity contribution >= 4 is 17.2 Å². The average molecular weight is 520 g/mol. The van der Waals surface area contributed by atoms with Crippen molar-refractivity contribution in [1.29, 1.82) is 0 Å². The highest BCUT2D eigenvalue weighted by Crippen LogP contribution is 2.39. The molecule has 1 amide bonds. The van der Waals surface area contributed by atoms with Crippen molar-refractivity contribution in [3.05, 3.63) is 58.0 Å². The molecule has 0 unspecified atom stereocenters. The van der Waals surface area contributed by atoms with Crippen LogP contribution in [0.2, 0.25) is 0 Å². The summed E-state index contributed by atoms with van der Waals surface area (Å²) in [6, 6.07) is 7.66. The van der Waals surface area contributed by atoms with E-state index in [1.807, 2.05) is 36.6 Å². The first kappa shape index (κ1) is 26.4. The van der Waals surface area contributed by atoms with Gasteiger partial charge in [-0.15, -0.1) is 0 Å². The van der Waals surface area contributed by atoms with E-state index >= 15 is 0 Å². The van der Waals surface area contributed by atoms with E-state index in [1.165, 1.54) is 0 Å². The number of hydrogen-bond acceptors (Lipinski definition) is 9. The number of aliphatic hydroxyl groups is 1. The van der Waals surface area contributed by atoms with E-state index in [-0.39, 0.29) is 36.9 Å². The summed E-state index contributed by atoms with van der Waals surface area (Å²) in [6.45, 7) is 4.57. The molecule has 0 radical (unpaired) electrons. The zero-order valence-corrected chi connectivity index (χ0v) is 21.2. The summed E-state index contributed by atoms with van der Waals surface area (Å²) in [7, 11) is 0. The molecule has 196 valence electrons. The molecule has 3 heterocycles. The fourth-order valence-electron chi connectivity index (χ4n) is 4.21. The number of allylic oxidation sites excluding steroid dienone is 1. The molecule has 0 bridgehead atoms. The third-order valence-corrected chi connectivity index (χ3v) is 6.66. The van der Waals surface area contributed by atoms with E-state index < -0.39 is 6.29 Å². The molecule has 2 aliphatic heterocycles. The van der Waals surface area contributed by atoms with E-state index in [0.717, 1.165) is 11.1 Å². The second-order valence-electron chi connectivity index (χ2n) is 8.33. The number of carbonyl (C=O) groups excluding carboxylic acids is 1. The molecule has 0 spiro atoms. The van der Waals surface area contributed by atoms with Gasteiger partial charge in [0, 0.05) is 31.6 Å². The minimum Gasteiger partial charge on any atom is -0.459 e.